The summed E-state index contributed by atoms with van der Waals surface area (Å²) in [5.41, 5.74) is 6.15. The van der Waals surface area contributed by atoms with Gasteiger partial charge in [-0.05, 0) is 34.3 Å². The molecule has 1 aliphatic rings. The van der Waals surface area contributed by atoms with Gasteiger partial charge in [-0.1, -0.05) is 6.92 Å². The van der Waals surface area contributed by atoms with Gasteiger partial charge in [0.25, 0.3) is 5.69 Å². The molecule has 1 fully saturated rings. The smallest absolute Gasteiger partial charge is 0.295 e. The molecule has 2 unspecified atom stereocenters. The van der Waals surface area contributed by atoms with E-state index in [0.717, 1.165) is 12.5 Å². The summed E-state index contributed by atoms with van der Waals surface area (Å²) in [5, 5.41) is 11.1. The Morgan fingerprint density at radius 2 is 2.21 bits per heavy atom. The molecular formula is C12H15BrFN3O2. The number of hydrogen-bond acceptors (Lipinski definition) is 4. The second-order valence-corrected chi connectivity index (χ2v) is 5.87. The van der Waals surface area contributed by atoms with Crippen LogP contribution in [0.2, 0.25) is 0 Å². The van der Waals surface area contributed by atoms with Crippen molar-refractivity contribution >= 4 is 27.3 Å². The monoisotopic (exact) mass is 331 g/mol. The quantitative estimate of drug-likeness (QED) is 0.668. The van der Waals surface area contributed by atoms with Crippen molar-refractivity contribution in [2.75, 3.05) is 18.0 Å². The molecule has 2 atom stereocenters. The van der Waals surface area contributed by atoms with Crippen LogP contribution in [0.1, 0.15) is 13.3 Å². The molecule has 1 aromatic rings. The molecule has 1 heterocycles. The zero-order valence-electron chi connectivity index (χ0n) is 10.5. The fourth-order valence-corrected chi connectivity index (χ4v) is 2.85. The lowest BCUT2D eigenvalue weighted by Crippen LogP contribution is -2.46. The van der Waals surface area contributed by atoms with Gasteiger partial charge in [-0.2, -0.15) is 0 Å². The lowest BCUT2D eigenvalue weighted by molar-refractivity contribution is -0.384. The molecule has 1 saturated heterocycles. The van der Waals surface area contributed by atoms with Crippen molar-refractivity contribution in [2.45, 2.75) is 19.4 Å². The van der Waals surface area contributed by atoms with E-state index in [1.54, 1.807) is 0 Å². The van der Waals surface area contributed by atoms with Crippen molar-refractivity contribution in [3.63, 3.8) is 0 Å². The minimum absolute atomic E-state index is 0.0211. The van der Waals surface area contributed by atoms with Crippen LogP contribution >= 0.6 is 15.9 Å². The fourth-order valence-electron chi connectivity index (χ4n) is 2.52. The van der Waals surface area contributed by atoms with Crippen LogP contribution in [0, 0.1) is 21.8 Å². The van der Waals surface area contributed by atoms with Gasteiger partial charge in [0.1, 0.15) is 11.5 Å². The Labute approximate surface area is 118 Å². The first kappa shape index (κ1) is 14.2. The van der Waals surface area contributed by atoms with Crippen molar-refractivity contribution in [2.24, 2.45) is 11.7 Å². The van der Waals surface area contributed by atoms with E-state index in [4.69, 9.17) is 5.73 Å². The molecular weight excluding hydrogens is 317 g/mol. The molecule has 0 amide bonds. The number of piperidine rings is 1. The minimum Gasteiger partial charge on any atom is -0.364 e. The summed E-state index contributed by atoms with van der Waals surface area (Å²) < 4.78 is 13.7. The van der Waals surface area contributed by atoms with Gasteiger partial charge in [0, 0.05) is 19.1 Å². The Morgan fingerprint density at radius 1 is 1.53 bits per heavy atom. The standard InChI is InChI=1S/C12H15BrFN3O2/c1-7-2-8(15)6-16(5-7)11-3-9(13)10(14)4-12(11)17(18)19/h3-4,7-8H,2,5-6,15H2,1H3. The highest BCUT2D eigenvalue weighted by Crippen LogP contribution is 2.35. The van der Waals surface area contributed by atoms with Crippen LogP contribution in [-0.2, 0) is 0 Å². The summed E-state index contributed by atoms with van der Waals surface area (Å²) in [5.74, 6) is -0.281. The third-order valence-corrected chi connectivity index (χ3v) is 3.85. The van der Waals surface area contributed by atoms with Crippen LogP contribution < -0.4 is 10.6 Å². The zero-order chi connectivity index (χ0) is 14.2. The average Bonchev–Trinajstić information content (AvgIpc) is 2.30. The third kappa shape index (κ3) is 3.03. The highest BCUT2D eigenvalue weighted by Gasteiger charge is 2.28. The summed E-state index contributed by atoms with van der Waals surface area (Å²) in [7, 11) is 0. The maximum atomic E-state index is 13.4. The summed E-state index contributed by atoms with van der Waals surface area (Å²) in [4.78, 5) is 12.4. The number of nitro groups is 1. The maximum absolute atomic E-state index is 13.4. The first-order chi connectivity index (χ1) is 8.88. The second-order valence-electron chi connectivity index (χ2n) is 5.02. The van der Waals surface area contributed by atoms with Crippen molar-refractivity contribution in [1.29, 1.82) is 0 Å². The Kier molecular flexibility index (Phi) is 4.05. The normalized spacial score (nSPS) is 23.5. The summed E-state index contributed by atoms with van der Waals surface area (Å²) in [6, 6.07) is 2.38. The Balaban J connectivity index is 2.42. The number of hydrogen-bond donors (Lipinski definition) is 1. The molecule has 104 valence electrons. The van der Waals surface area contributed by atoms with Crippen LogP contribution in [0.3, 0.4) is 0 Å². The zero-order valence-corrected chi connectivity index (χ0v) is 12.1. The molecule has 1 aromatic carbocycles. The van der Waals surface area contributed by atoms with Gasteiger partial charge in [0.15, 0.2) is 0 Å². The molecule has 0 bridgehead atoms. The van der Waals surface area contributed by atoms with Crippen LogP contribution in [0.15, 0.2) is 16.6 Å². The highest BCUT2D eigenvalue weighted by molar-refractivity contribution is 9.10. The SMILES string of the molecule is CC1CC(N)CN(c2cc(Br)c(F)cc2[N+](=O)[O-])C1. The summed E-state index contributed by atoms with van der Waals surface area (Å²) in [6.45, 7) is 3.28. The van der Waals surface area contributed by atoms with Crippen LogP contribution in [0.5, 0.6) is 0 Å². The van der Waals surface area contributed by atoms with E-state index in [2.05, 4.69) is 22.9 Å². The van der Waals surface area contributed by atoms with E-state index in [1.165, 1.54) is 6.07 Å². The molecule has 7 heteroatoms. The Hall–Kier alpha value is -1.21. The van der Waals surface area contributed by atoms with E-state index < -0.39 is 10.7 Å². The van der Waals surface area contributed by atoms with Crippen molar-refractivity contribution < 1.29 is 9.31 Å². The third-order valence-electron chi connectivity index (χ3n) is 3.25. The molecule has 0 spiro atoms. The lowest BCUT2D eigenvalue weighted by Gasteiger charge is -2.36. The number of nitrogens with zero attached hydrogens (tertiary/aromatic N) is 2. The van der Waals surface area contributed by atoms with Crippen LogP contribution in [-0.4, -0.2) is 24.1 Å². The van der Waals surface area contributed by atoms with E-state index >= 15 is 0 Å². The highest BCUT2D eigenvalue weighted by atomic mass is 79.9. The summed E-state index contributed by atoms with van der Waals surface area (Å²) >= 11 is 3.07. The number of halogens is 2. The first-order valence-electron chi connectivity index (χ1n) is 6.02. The van der Waals surface area contributed by atoms with Crippen LogP contribution in [0.25, 0.3) is 0 Å². The van der Waals surface area contributed by atoms with Crippen molar-refractivity contribution in [3.8, 4) is 0 Å². The van der Waals surface area contributed by atoms with Gasteiger partial charge in [-0.15, -0.1) is 0 Å². The van der Waals surface area contributed by atoms with Crippen LogP contribution in [0.4, 0.5) is 15.8 Å². The van der Waals surface area contributed by atoms with E-state index in [1.807, 2.05) is 4.90 Å². The number of nitro benzene ring substituents is 1. The topological polar surface area (TPSA) is 72.4 Å². The minimum atomic E-state index is -0.634. The molecule has 0 aromatic heterocycles. The van der Waals surface area contributed by atoms with Gasteiger partial charge >= 0.3 is 0 Å². The average molecular weight is 332 g/mol. The maximum Gasteiger partial charge on any atom is 0.295 e. The molecule has 1 aliphatic heterocycles. The van der Waals surface area contributed by atoms with E-state index in [9.17, 15) is 14.5 Å². The van der Waals surface area contributed by atoms with E-state index in [0.29, 0.717) is 24.7 Å². The van der Waals surface area contributed by atoms with Gasteiger partial charge in [-0.3, -0.25) is 10.1 Å². The molecule has 2 N–H and O–H groups in total. The molecule has 0 radical (unpaired) electrons. The number of benzene rings is 1. The van der Waals surface area contributed by atoms with E-state index in [-0.39, 0.29) is 16.2 Å². The number of nitrogens with two attached hydrogens (primary N) is 1. The Bertz CT molecular complexity index is 502. The van der Waals surface area contributed by atoms with Gasteiger partial charge in [-0.25, -0.2) is 4.39 Å². The number of rotatable bonds is 2. The molecule has 0 saturated carbocycles. The molecule has 5 nitrogen and oxygen atoms in total. The molecule has 2 rings (SSSR count). The predicted octanol–water partition coefficient (Wildman–Crippen LogP) is 2.67. The van der Waals surface area contributed by atoms with Gasteiger partial charge in [0.05, 0.1) is 15.5 Å². The van der Waals surface area contributed by atoms with Crippen molar-refractivity contribution in [3.05, 3.63) is 32.5 Å². The predicted molar refractivity (Wildman–Crippen MR) is 74.7 cm³/mol. The first-order valence-corrected chi connectivity index (χ1v) is 6.81. The molecule has 0 aliphatic carbocycles. The van der Waals surface area contributed by atoms with Gasteiger partial charge < -0.3 is 10.6 Å². The van der Waals surface area contributed by atoms with Gasteiger partial charge in [0.2, 0.25) is 0 Å². The number of anilines is 1. The lowest BCUT2D eigenvalue weighted by atomic mass is 9.96. The largest absolute Gasteiger partial charge is 0.364 e. The molecule has 19 heavy (non-hydrogen) atoms. The second kappa shape index (κ2) is 5.42. The Morgan fingerprint density at radius 3 is 2.79 bits per heavy atom. The van der Waals surface area contributed by atoms with Crippen molar-refractivity contribution in [1.82, 2.24) is 0 Å². The summed E-state index contributed by atoms with van der Waals surface area (Å²) in [6.07, 6.45) is 0.895. The fraction of sp³-hybridized carbons (Fsp3) is 0.500.